The summed E-state index contributed by atoms with van der Waals surface area (Å²) in [4.78, 5) is 11.0. The fourth-order valence-corrected chi connectivity index (χ4v) is 1.40. The zero-order valence-corrected chi connectivity index (χ0v) is 9.66. The van der Waals surface area contributed by atoms with Gasteiger partial charge in [-0.15, -0.1) is 0 Å². The Bertz CT molecular complexity index is 377. The Labute approximate surface area is 95.5 Å². The summed E-state index contributed by atoms with van der Waals surface area (Å²) < 4.78 is 0. The maximum absolute atomic E-state index is 11.0. The number of benzene rings is 1. The zero-order chi connectivity index (χ0) is 12.1. The van der Waals surface area contributed by atoms with Crippen LogP contribution in [-0.4, -0.2) is 23.7 Å². The van der Waals surface area contributed by atoms with Gasteiger partial charge < -0.3 is 16.2 Å². The van der Waals surface area contributed by atoms with Crippen molar-refractivity contribution in [2.24, 2.45) is 5.73 Å². The number of carbonyl (C=O) groups excluding carboxylic acids is 1. The van der Waals surface area contributed by atoms with Crippen molar-refractivity contribution in [3.63, 3.8) is 0 Å². The topological polar surface area (TPSA) is 75.4 Å². The lowest BCUT2D eigenvalue weighted by molar-refractivity contribution is 0.1000. The second-order valence-corrected chi connectivity index (χ2v) is 3.97. The van der Waals surface area contributed by atoms with Gasteiger partial charge in [0.15, 0.2) is 0 Å². The van der Waals surface area contributed by atoms with E-state index in [2.05, 4.69) is 5.32 Å². The van der Waals surface area contributed by atoms with Gasteiger partial charge in [0.25, 0.3) is 0 Å². The molecule has 1 amide bonds. The van der Waals surface area contributed by atoms with Crippen LogP contribution in [0.1, 0.15) is 28.4 Å². The van der Waals surface area contributed by atoms with E-state index in [1.165, 1.54) is 0 Å². The maximum atomic E-state index is 11.0. The van der Waals surface area contributed by atoms with E-state index >= 15 is 0 Å². The monoisotopic (exact) mass is 222 g/mol. The number of aliphatic hydroxyl groups excluding tert-OH is 1. The number of hydrogen-bond acceptors (Lipinski definition) is 3. The molecule has 0 spiro atoms. The molecule has 1 rings (SSSR count). The van der Waals surface area contributed by atoms with E-state index in [0.717, 1.165) is 11.1 Å². The normalized spacial score (nSPS) is 12.4. The molecule has 1 atom stereocenters. The van der Waals surface area contributed by atoms with Crippen molar-refractivity contribution >= 4 is 5.91 Å². The van der Waals surface area contributed by atoms with Crippen LogP contribution in [0, 0.1) is 6.92 Å². The van der Waals surface area contributed by atoms with Gasteiger partial charge in [-0.1, -0.05) is 6.07 Å². The minimum atomic E-state index is -0.411. The van der Waals surface area contributed by atoms with Gasteiger partial charge >= 0.3 is 0 Å². The second-order valence-electron chi connectivity index (χ2n) is 3.97. The van der Waals surface area contributed by atoms with Crippen molar-refractivity contribution < 1.29 is 9.90 Å². The Morgan fingerprint density at radius 2 is 2.25 bits per heavy atom. The molecule has 0 aliphatic heterocycles. The van der Waals surface area contributed by atoms with Crippen LogP contribution in [0.3, 0.4) is 0 Å². The number of hydrogen-bond donors (Lipinski definition) is 3. The molecule has 0 radical (unpaired) electrons. The highest BCUT2D eigenvalue weighted by atomic mass is 16.3. The summed E-state index contributed by atoms with van der Waals surface area (Å²) in [7, 11) is 0. The molecule has 1 aromatic rings. The lowest BCUT2D eigenvalue weighted by Gasteiger charge is -2.12. The number of rotatable bonds is 5. The van der Waals surface area contributed by atoms with Crippen molar-refractivity contribution in [2.75, 3.05) is 6.61 Å². The van der Waals surface area contributed by atoms with Crippen molar-refractivity contribution in [3.05, 3.63) is 34.9 Å². The molecule has 0 saturated carbocycles. The summed E-state index contributed by atoms with van der Waals surface area (Å²) in [5.74, 6) is -0.411. The molecule has 16 heavy (non-hydrogen) atoms. The predicted molar refractivity (Wildman–Crippen MR) is 63.1 cm³/mol. The van der Waals surface area contributed by atoms with Crippen LogP contribution in [0.5, 0.6) is 0 Å². The zero-order valence-electron chi connectivity index (χ0n) is 9.66. The Morgan fingerprint density at radius 1 is 1.56 bits per heavy atom. The minimum absolute atomic E-state index is 0.0650. The number of primary amides is 1. The summed E-state index contributed by atoms with van der Waals surface area (Å²) in [5, 5.41) is 12.0. The van der Waals surface area contributed by atoms with Crippen molar-refractivity contribution in [1.29, 1.82) is 0 Å². The van der Waals surface area contributed by atoms with E-state index in [0.29, 0.717) is 12.1 Å². The standard InChI is InChI=1S/C12H18N2O2/c1-8-5-10(12(13)16)3-4-11(8)6-14-9(2)7-15/h3-5,9,14-15H,6-7H2,1-2H3,(H2,13,16). The first-order chi connectivity index (χ1) is 7.54. The van der Waals surface area contributed by atoms with Gasteiger partial charge in [0.1, 0.15) is 0 Å². The number of carbonyl (C=O) groups is 1. The summed E-state index contributed by atoms with van der Waals surface area (Å²) >= 11 is 0. The van der Waals surface area contributed by atoms with E-state index in [1.54, 1.807) is 12.1 Å². The summed E-state index contributed by atoms with van der Waals surface area (Å²) in [5.41, 5.74) is 7.84. The molecule has 0 saturated heterocycles. The number of aliphatic hydroxyl groups is 1. The molecular weight excluding hydrogens is 204 g/mol. The lowest BCUT2D eigenvalue weighted by atomic mass is 10.0. The van der Waals surface area contributed by atoms with Crippen LogP contribution < -0.4 is 11.1 Å². The second kappa shape index (κ2) is 5.63. The molecule has 0 aromatic heterocycles. The van der Waals surface area contributed by atoms with E-state index in [-0.39, 0.29) is 12.6 Å². The van der Waals surface area contributed by atoms with Crippen LogP contribution in [0.2, 0.25) is 0 Å². The minimum Gasteiger partial charge on any atom is -0.395 e. The molecule has 88 valence electrons. The van der Waals surface area contributed by atoms with Crippen LogP contribution >= 0.6 is 0 Å². The van der Waals surface area contributed by atoms with Crippen LogP contribution in [-0.2, 0) is 6.54 Å². The Hall–Kier alpha value is -1.39. The lowest BCUT2D eigenvalue weighted by Crippen LogP contribution is -2.29. The summed E-state index contributed by atoms with van der Waals surface area (Å²) in [6.07, 6.45) is 0. The molecule has 0 aliphatic carbocycles. The molecule has 4 nitrogen and oxygen atoms in total. The fourth-order valence-electron chi connectivity index (χ4n) is 1.40. The van der Waals surface area contributed by atoms with Gasteiger partial charge in [0.2, 0.25) is 5.91 Å². The average Bonchev–Trinajstić information content (AvgIpc) is 2.26. The van der Waals surface area contributed by atoms with Crippen molar-refractivity contribution in [3.8, 4) is 0 Å². The molecule has 0 aliphatic rings. The van der Waals surface area contributed by atoms with E-state index in [9.17, 15) is 4.79 Å². The van der Waals surface area contributed by atoms with E-state index in [4.69, 9.17) is 10.8 Å². The molecule has 0 fully saturated rings. The highest BCUT2D eigenvalue weighted by Crippen LogP contribution is 2.10. The molecule has 4 N–H and O–H groups in total. The predicted octanol–water partition coefficient (Wildman–Crippen LogP) is 0.564. The van der Waals surface area contributed by atoms with Crippen molar-refractivity contribution in [2.45, 2.75) is 26.4 Å². The van der Waals surface area contributed by atoms with Crippen LogP contribution in [0.25, 0.3) is 0 Å². The Morgan fingerprint density at radius 3 is 2.75 bits per heavy atom. The van der Waals surface area contributed by atoms with Gasteiger partial charge in [0.05, 0.1) is 6.61 Å². The summed E-state index contributed by atoms with van der Waals surface area (Å²) in [6, 6.07) is 5.45. The quantitative estimate of drug-likeness (QED) is 0.681. The molecule has 0 heterocycles. The molecule has 4 heteroatoms. The largest absolute Gasteiger partial charge is 0.395 e. The van der Waals surface area contributed by atoms with Gasteiger partial charge in [0, 0.05) is 18.2 Å². The molecule has 1 aromatic carbocycles. The third-order valence-electron chi connectivity index (χ3n) is 2.54. The first kappa shape index (κ1) is 12.7. The van der Waals surface area contributed by atoms with Gasteiger partial charge in [-0.2, -0.15) is 0 Å². The third kappa shape index (κ3) is 3.32. The van der Waals surface area contributed by atoms with E-state index in [1.807, 2.05) is 19.9 Å². The Kier molecular flexibility index (Phi) is 4.46. The number of nitrogens with one attached hydrogen (secondary N) is 1. The van der Waals surface area contributed by atoms with Gasteiger partial charge in [-0.05, 0) is 37.1 Å². The smallest absolute Gasteiger partial charge is 0.248 e. The van der Waals surface area contributed by atoms with Gasteiger partial charge in [-0.3, -0.25) is 4.79 Å². The Balaban J connectivity index is 2.72. The number of aryl methyl sites for hydroxylation is 1. The van der Waals surface area contributed by atoms with Crippen molar-refractivity contribution in [1.82, 2.24) is 5.32 Å². The highest BCUT2D eigenvalue weighted by molar-refractivity contribution is 5.93. The first-order valence-electron chi connectivity index (χ1n) is 5.28. The summed E-state index contributed by atoms with van der Waals surface area (Å²) in [6.45, 7) is 4.63. The average molecular weight is 222 g/mol. The SMILES string of the molecule is Cc1cc(C(N)=O)ccc1CNC(C)CO. The van der Waals surface area contributed by atoms with E-state index < -0.39 is 5.91 Å². The third-order valence-corrected chi connectivity index (χ3v) is 2.54. The maximum Gasteiger partial charge on any atom is 0.248 e. The molecule has 1 unspecified atom stereocenters. The first-order valence-corrected chi connectivity index (χ1v) is 5.28. The number of nitrogens with two attached hydrogens (primary N) is 1. The van der Waals surface area contributed by atoms with Gasteiger partial charge in [-0.25, -0.2) is 0 Å². The molecule has 0 bridgehead atoms. The highest BCUT2D eigenvalue weighted by Gasteiger charge is 2.05. The van der Waals surface area contributed by atoms with Crippen LogP contribution in [0.4, 0.5) is 0 Å². The van der Waals surface area contributed by atoms with Crippen LogP contribution in [0.15, 0.2) is 18.2 Å². The fraction of sp³-hybridized carbons (Fsp3) is 0.417. The number of amides is 1. The molecular formula is C12H18N2O2.